The van der Waals surface area contributed by atoms with Crippen LogP contribution in [0.1, 0.15) is 12.8 Å². The van der Waals surface area contributed by atoms with E-state index in [4.69, 9.17) is 10.5 Å². The van der Waals surface area contributed by atoms with E-state index in [1.807, 2.05) is 0 Å². The van der Waals surface area contributed by atoms with Gasteiger partial charge in [0.1, 0.15) is 6.04 Å². The molecule has 16 heavy (non-hydrogen) atoms. The molecule has 0 aromatic heterocycles. The van der Waals surface area contributed by atoms with Gasteiger partial charge in [-0.15, -0.1) is 0 Å². The van der Waals surface area contributed by atoms with Crippen molar-refractivity contribution in [3.05, 3.63) is 0 Å². The fraction of sp³-hybridized carbons (Fsp3) is 0.800. The summed E-state index contributed by atoms with van der Waals surface area (Å²) in [6, 6.07) is -0.0493. The second-order valence-electron chi connectivity index (χ2n) is 4.31. The smallest absolute Gasteiger partial charge is 0.239 e. The maximum atomic E-state index is 11.9. The first-order valence-corrected chi connectivity index (χ1v) is 5.57. The summed E-state index contributed by atoms with van der Waals surface area (Å²) in [6.07, 6.45) is 2.10. The number of rotatable bonds is 4. The lowest BCUT2D eigenvalue weighted by Crippen LogP contribution is -2.56. The van der Waals surface area contributed by atoms with Crippen LogP contribution in [0.4, 0.5) is 0 Å². The summed E-state index contributed by atoms with van der Waals surface area (Å²) in [5, 5.41) is 2.91. The van der Waals surface area contributed by atoms with Crippen LogP contribution in [-0.4, -0.2) is 55.1 Å². The van der Waals surface area contributed by atoms with Crippen LogP contribution in [0.25, 0.3) is 0 Å². The molecule has 6 nitrogen and oxygen atoms in total. The Morgan fingerprint density at radius 1 is 1.44 bits per heavy atom. The normalized spacial score (nSPS) is 26.4. The molecule has 0 spiro atoms. The number of nitrogens with zero attached hydrogens (tertiary/aromatic N) is 1. The van der Waals surface area contributed by atoms with E-state index in [-0.39, 0.29) is 18.5 Å². The maximum absolute atomic E-state index is 11.9. The lowest BCUT2D eigenvalue weighted by atomic mass is 10.2. The van der Waals surface area contributed by atoms with Gasteiger partial charge in [-0.25, -0.2) is 0 Å². The molecule has 1 aliphatic heterocycles. The van der Waals surface area contributed by atoms with Crippen LogP contribution < -0.4 is 11.1 Å². The minimum Gasteiger partial charge on any atom is -0.378 e. The monoisotopic (exact) mass is 227 g/mol. The molecule has 0 aromatic rings. The Balaban J connectivity index is 1.91. The lowest BCUT2D eigenvalue weighted by Gasteiger charge is -2.33. The van der Waals surface area contributed by atoms with Crippen LogP contribution in [0.5, 0.6) is 0 Å². The Hall–Kier alpha value is -1.14. The van der Waals surface area contributed by atoms with Crippen molar-refractivity contribution in [3.8, 4) is 0 Å². The zero-order valence-corrected chi connectivity index (χ0v) is 9.15. The average Bonchev–Trinajstić information content (AvgIpc) is 3.01. The summed E-state index contributed by atoms with van der Waals surface area (Å²) in [7, 11) is 0. The summed E-state index contributed by atoms with van der Waals surface area (Å²) >= 11 is 0. The topological polar surface area (TPSA) is 84.7 Å². The van der Waals surface area contributed by atoms with E-state index in [1.165, 1.54) is 0 Å². The Bertz CT molecular complexity index is 291. The molecule has 1 atom stereocenters. The number of primary amides is 1. The number of hydrogen-bond acceptors (Lipinski definition) is 4. The zero-order chi connectivity index (χ0) is 11.5. The second-order valence-corrected chi connectivity index (χ2v) is 4.31. The van der Waals surface area contributed by atoms with Gasteiger partial charge in [0.15, 0.2) is 0 Å². The molecule has 6 heteroatoms. The highest BCUT2D eigenvalue weighted by molar-refractivity contribution is 5.84. The molecule has 0 bridgehead atoms. The molecule has 0 radical (unpaired) electrons. The molecule has 90 valence electrons. The fourth-order valence-electron chi connectivity index (χ4n) is 1.79. The first-order chi connectivity index (χ1) is 7.66. The number of nitrogens with one attached hydrogen (secondary N) is 1. The number of ether oxygens (including phenoxy) is 1. The van der Waals surface area contributed by atoms with Crippen molar-refractivity contribution in [3.63, 3.8) is 0 Å². The molecule has 1 heterocycles. The van der Waals surface area contributed by atoms with Crippen molar-refractivity contribution in [2.75, 3.05) is 26.3 Å². The van der Waals surface area contributed by atoms with Gasteiger partial charge < -0.3 is 15.8 Å². The van der Waals surface area contributed by atoms with Gasteiger partial charge >= 0.3 is 0 Å². The fourth-order valence-corrected chi connectivity index (χ4v) is 1.79. The molecule has 0 aromatic carbocycles. The average molecular weight is 227 g/mol. The van der Waals surface area contributed by atoms with Gasteiger partial charge in [-0.3, -0.25) is 14.5 Å². The van der Waals surface area contributed by atoms with E-state index in [1.54, 1.807) is 4.90 Å². The van der Waals surface area contributed by atoms with Gasteiger partial charge in [-0.05, 0) is 12.8 Å². The third-order valence-electron chi connectivity index (χ3n) is 2.82. The highest BCUT2D eigenvalue weighted by Crippen LogP contribution is 2.19. The molecule has 2 aliphatic rings. The number of carbonyl (C=O) groups excluding carboxylic acids is 2. The largest absolute Gasteiger partial charge is 0.378 e. The van der Waals surface area contributed by atoms with Crippen molar-refractivity contribution in [2.24, 2.45) is 5.73 Å². The van der Waals surface area contributed by atoms with Crippen molar-refractivity contribution in [1.29, 1.82) is 0 Å². The van der Waals surface area contributed by atoms with Gasteiger partial charge in [-0.1, -0.05) is 0 Å². The van der Waals surface area contributed by atoms with Crippen molar-refractivity contribution in [1.82, 2.24) is 10.2 Å². The van der Waals surface area contributed by atoms with E-state index in [0.29, 0.717) is 25.8 Å². The molecule has 1 saturated carbocycles. The number of hydrogen-bond donors (Lipinski definition) is 2. The third-order valence-corrected chi connectivity index (χ3v) is 2.82. The predicted octanol–water partition coefficient (Wildman–Crippen LogP) is -1.55. The Kier molecular flexibility index (Phi) is 3.40. The van der Waals surface area contributed by atoms with E-state index in [0.717, 1.165) is 12.8 Å². The van der Waals surface area contributed by atoms with E-state index in [2.05, 4.69) is 5.32 Å². The summed E-state index contributed by atoms with van der Waals surface area (Å²) < 4.78 is 5.26. The Morgan fingerprint density at radius 2 is 2.19 bits per heavy atom. The van der Waals surface area contributed by atoms with Crippen LogP contribution in [0.15, 0.2) is 0 Å². The number of amides is 2. The highest BCUT2D eigenvalue weighted by atomic mass is 16.5. The minimum atomic E-state index is -0.411. The molecular weight excluding hydrogens is 210 g/mol. The van der Waals surface area contributed by atoms with Gasteiger partial charge in [-0.2, -0.15) is 0 Å². The molecule has 3 N–H and O–H groups in total. The molecule has 1 unspecified atom stereocenters. The van der Waals surface area contributed by atoms with E-state index >= 15 is 0 Å². The maximum Gasteiger partial charge on any atom is 0.239 e. The standard InChI is InChI=1S/C10H17N3O3/c11-9(14)5-13-3-4-16-6-8(13)10(15)12-7-1-2-7/h7-8H,1-6H2,(H2,11,14)(H,12,15). The van der Waals surface area contributed by atoms with Crippen LogP contribution in [0.3, 0.4) is 0 Å². The first-order valence-electron chi connectivity index (χ1n) is 5.57. The SMILES string of the molecule is NC(=O)CN1CCOCC1C(=O)NC1CC1. The van der Waals surface area contributed by atoms with Crippen LogP contribution in [0, 0.1) is 0 Å². The van der Waals surface area contributed by atoms with Crippen molar-refractivity contribution >= 4 is 11.8 Å². The van der Waals surface area contributed by atoms with Crippen molar-refractivity contribution < 1.29 is 14.3 Å². The number of morpholine rings is 1. The van der Waals surface area contributed by atoms with Crippen LogP contribution >= 0.6 is 0 Å². The first kappa shape index (κ1) is 11.3. The molecule has 1 aliphatic carbocycles. The summed E-state index contributed by atoms with van der Waals surface area (Å²) in [6.45, 7) is 1.57. The number of nitrogens with two attached hydrogens (primary N) is 1. The van der Waals surface area contributed by atoms with Gasteiger partial charge in [0.2, 0.25) is 11.8 Å². The van der Waals surface area contributed by atoms with Gasteiger partial charge in [0, 0.05) is 12.6 Å². The third kappa shape index (κ3) is 2.93. The molecule has 2 rings (SSSR count). The van der Waals surface area contributed by atoms with Crippen molar-refractivity contribution in [2.45, 2.75) is 24.9 Å². The molecule has 1 saturated heterocycles. The zero-order valence-electron chi connectivity index (χ0n) is 9.15. The second kappa shape index (κ2) is 4.80. The predicted molar refractivity (Wildman–Crippen MR) is 56.5 cm³/mol. The summed E-state index contributed by atoms with van der Waals surface area (Å²) in [4.78, 5) is 24.5. The van der Waals surface area contributed by atoms with E-state index < -0.39 is 5.91 Å². The number of carbonyl (C=O) groups is 2. The molecule has 2 fully saturated rings. The van der Waals surface area contributed by atoms with Crippen LogP contribution in [0.2, 0.25) is 0 Å². The lowest BCUT2D eigenvalue weighted by molar-refractivity contribution is -0.134. The Labute approximate surface area is 94.1 Å². The summed E-state index contributed by atoms with van der Waals surface area (Å²) in [5.74, 6) is -0.463. The highest BCUT2D eigenvalue weighted by Gasteiger charge is 2.33. The Morgan fingerprint density at radius 3 is 2.81 bits per heavy atom. The molecule has 2 amide bonds. The summed E-state index contributed by atoms with van der Waals surface area (Å²) in [5.41, 5.74) is 5.15. The van der Waals surface area contributed by atoms with Crippen LogP contribution in [-0.2, 0) is 14.3 Å². The van der Waals surface area contributed by atoms with Gasteiger partial charge in [0.25, 0.3) is 0 Å². The van der Waals surface area contributed by atoms with E-state index in [9.17, 15) is 9.59 Å². The van der Waals surface area contributed by atoms with Gasteiger partial charge in [0.05, 0.1) is 19.8 Å². The molecular formula is C10H17N3O3. The quantitative estimate of drug-likeness (QED) is 0.609. The minimum absolute atomic E-state index is 0.0524.